The fraction of sp³-hybridized carbons (Fsp3) is 0.350. The molecular weight excluding hydrogens is 437 g/mol. The van der Waals surface area contributed by atoms with Crippen molar-refractivity contribution in [3.8, 4) is 0 Å². The highest BCUT2D eigenvalue weighted by molar-refractivity contribution is 6.36. The lowest BCUT2D eigenvalue weighted by Crippen LogP contribution is -2.29. The van der Waals surface area contributed by atoms with Gasteiger partial charge in [0.15, 0.2) is 0 Å². The van der Waals surface area contributed by atoms with Crippen LogP contribution in [0.4, 0.5) is 0 Å². The summed E-state index contributed by atoms with van der Waals surface area (Å²) in [4.78, 5) is 25.2. The Labute approximate surface area is 184 Å². The first-order chi connectivity index (χ1) is 13.9. The first-order valence-electron chi connectivity index (χ1n) is 9.15. The third-order valence-electron chi connectivity index (χ3n) is 4.64. The molecule has 1 fully saturated rings. The van der Waals surface area contributed by atoms with Gasteiger partial charge >= 0.3 is 5.97 Å². The van der Waals surface area contributed by atoms with Crippen molar-refractivity contribution < 1.29 is 14.3 Å². The molecule has 0 bridgehead atoms. The molecule has 1 aliphatic heterocycles. The van der Waals surface area contributed by atoms with Gasteiger partial charge in [-0.2, -0.15) is 5.10 Å². The molecule has 0 saturated carbocycles. The van der Waals surface area contributed by atoms with Gasteiger partial charge in [0.1, 0.15) is 11.8 Å². The maximum Gasteiger partial charge on any atom is 0.330 e. The molecule has 0 atom stereocenters. The largest absolute Gasteiger partial charge is 0.461 e. The van der Waals surface area contributed by atoms with Gasteiger partial charge in [0.2, 0.25) is 5.91 Å². The van der Waals surface area contributed by atoms with Crippen molar-refractivity contribution in [3.05, 3.63) is 56.3 Å². The van der Waals surface area contributed by atoms with Crippen molar-refractivity contribution in [2.75, 3.05) is 19.7 Å². The molecule has 2 heterocycles. The Bertz CT molecular complexity index is 936. The number of benzene rings is 1. The van der Waals surface area contributed by atoms with Crippen molar-refractivity contribution >= 4 is 52.8 Å². The summed E-state index contributed by atoms with van der Waals surface area (Å²) in [5.74, 6) is -0.404. The molecule has 1 aliphatic rings. The van der Waals surface area contributed by atoms with E-state index in [1.807, 2.05) is 0 Å². The third-order valence-corrected chi connectivity index (χ3v) is 5.75. The van der Waals surface area contributed by atoms with Crippen LogP contribution in [-0.4, -0.2) is 46.3 Å². The zero-order valence-corrected chi connectivity index (χ0v) is 18.1. The minimum absolute atomic E-state index is 0.102. The summed E-state index contributed by atoms with van der Waals surface area (Å²) in [6.45, 7) is 3.39. The molecule has 1 saturated heterocycles. The Morgan fingerprint density at radius 1 is 1.28 bits per heavy atom. The summed E-state index contributed by atoms with van der Waals surface area (Å²) in [7, 11) is 0. The van der Waals surface area contributed by atoms with E-state index in [1.165, 1.54) is 6.08 Å². The highest BCUT2D eigenvalue weighted by Crippen LogP contribution is 2.28. The number of carbonyl (C=O) groups excluding carboxylic acids is 2. The molecule has 3 rings (SSSR count). The summed E-state index contributed by atoms with van der Waals surface area (Å²) in [6, 6.07) is 5.27. The van der Waals surface area contributed by atoms with Gasteiger partial charge in [-0.25, -0.2) is 9.48 Å². The third kappa shape index (κ3) is 5.32. The molecule has 1 amide bonds. The Kier molecular flexibility index (Phi) is 7.22. The predicted octanol–water partition coefficient (Wildman–Crippen LogP) is 4.38. The molecule has 2 aromatic rings. The lowest BCUT2D eigenvalue weighted by atomic mass is 10.2. The summed E-state index contributed by atoms with van der Waals surface area (Å²) in [5, 5.41) is 5.83. The number of hydrogen-bond acceptors (Lipinski definition) is 4. The monoisotopic (exact) mass is 455 g/mol. The molecule has 1 aromatic carbocycles. The van der Waals surface area contributed by atoms with Crippen molar-refractivity contribution in [1.29, 1.82) is 0 Å². The normalized spacial score (nSPS) is 14.2. The van der Waals surface area contributed by atoms with Crippen LogP contribution in [0, 0.1) is 6.92 Å². The molecule has 0 spiro atoms. The standard InChI is InChI=1S/C20H20Cl3N3O3/c1-13-14(7-8-19(28)29-11-10-25-9-3-6-18(25)27)20(23)26(24-13)12-15-16(21)4-2-5-17(15)22/h2,4-5,7-8H,3,6,9-12H2,1H3. The van der Waals surface area contributed by atoms with E-state index in [9.17, 15) is 9.59 Å². The van der Waals surface area contributed by atoms with Crippen LogP contribution in [0.3, 0.4) is 0 Å². The number of hydrogen-bond donors (Lipinski definition) is 0. The van der Waals surface area contributed by atoms with Crippen LogP contribution in [0.5, 0.6) is 0 Å². The van der Waals surface area contributed by atoms with Gasteiger partial charge in [0.25, 0.3) is 0 Å². The Balaban J connectivity index is 1.62. The SMILES string of the molecule is Cc1nn(Cc2c(Cl)cccc2Cl)c(Cl)c1C=CC(=O)OCCN1CCCC1=O. The lowest BCUT2D eigenvalue weighted by molar-refractivity contribution is -0.139. The van der Waals surface area contributed by atoms with E-state index in [1.54, 1.807) is 40.8 Å². The molecule has 29 heavy (non-hydrogen) atoms. The van der Waals surface area contributed by atoms with Gasteiger partial charge in [0.05, 0.1) is 18.8 Å². The zero-order chi connectivity index (χ0) is 21.0. The van der Waals surface area contributed by atoms with Gasteiger partial charge in [0, 0.05) is 40.2 Å². The molecule has 6 nitrogen and oxygen atoms in total. The van der Waals surface area contributed by atoms with Crippen LogP contribution in [0.25, 0.3) is 6.08 Å². The van der Waals surface area contributed by atoms with E-state index in [0.717, 1.165) is 13.0 Å². The number of likely N-dealkylation sites (tertiary alicyclic amines) is 1. The molecule has 0 N–H and O–H groups in total. The summed E-state index contributed by atoms with van der Waals surface area (Å²) >= 11 is 18.9. The minimum Gasteiger partial charge on any atom is -0.461 e. The fourth-order valence-electron chi connectivity index (χ4n) is 3.09. The van der Waals surface area contributed by atoms with E-state index in [2.05, 4.69) is 5.10 Å². The Morgan fingerprint density at radius 2 is 2.00 bits per heavy atom. The Morgan fingerprint density at radius 3 is 2.66 bits per heavy atom. The average molecular weight is 457 g/mol. The van der Waals surface area contributed by atoms with E-state index in [0.29, 0.717) is 51.5 Å². The molecule has 154 valence electrons. The number of nitrogens with zero attached hydrogens (tertiary/aromatic N) is 3. The van der Waals surface area contributed by atoms with Gasteiger partial charge in [-0.05, 0) is 31.6 Å². The van der Waals surface area contributed by atoms with Crippen LogP contribution in [0.15, 0.2) is 24.3 Å². The number of carbonyl (C=O) groups is 2. The number of halogens is 3. The van der Waals surface area contributed by atoms with Crippen molar-refractivity contribution in [3.63, 3.8) is 0 Å². The van der Waals surface area contributed by atoms with Crippen molar-refractivity contribution in [2.45, 2.75) is 26.3 Å². The second-order valence-electron chi connectivity index (χ2n) is 6.63. The second-order valence-corrected chi connectivity index (χ2v) is 7.81. The van der Waals surface area contributed by atoms with Crippen LogP contribution in [0.2, 0.25) is 15.2 Å². The van der Waals surface area contributed by atoms with E-state index in [-0.39, 0.29) is 12.5 Å². The van der Waals surface area contributed by atoms with Crippen molar-refractivity contribution in [2.24, 2.45) is 0 Å². The summed E-state index contributed by atoms with van der Waals surface area (Å²) in [5.41, 5.74) is 1.98. The van der Waals surface area contributed by atoms with E-state index >= 15 is 0 Å². The van der Waals surface area contributed by atoms with E-state index < -0.39 is 5.97 Å². The van der Waals surface area contributed by atoms with Crippen LogP contribution in [0.1, 0.15) is 29.7 Å². The highest BCUT2D eigenvalue weighted by atomic mass is 35.5. The van der Waals surface area contributed by atoms with Crippen LogP contribution in [-0.2, 0) is 20.9 Å². The number of rotatable bonds is 7. The minimum atomic E-state index is -0.506. The molecule has 1 aromatic heterocycles. The topological polar surface area (TPSA) is 64.4 Å². The van der Waals surface area contributed by atoms with Crippen LogP contribution >= 0.6 is 34.8 Å². The molecule has 0 radical (unpaired) electrons. The van der Waals surface area contributed by atoms with Gasteiger partial charge < -0.3 is 9.64 Å². The fourth-order valence-corrected chi connectivity index (χ4v) is 3.91. The summed E-state index contributed by atoms with van der Waals surface area (Å²) < 4.78 is 6.74. The number of ether oxygens (including phenoxy) is 1. The zero-order valence-electron chi connectivity index (χ0n) is 15.8. The Hall–Kier alpha value is -2.02. The quantitative estimate of drug-likeness (QED) is 0.458. The molecular formula is C20H20Cl3N3O3. The molecule has 9 heteroatoms. The lowest BCUT2D eigenvalue weighted by Gasteiger charge is -2.14. The predicted molar refractivity (Wildman–Crippen MR) is 113 cm³/mol. The highest BCUT2D eigenvalue weighted by Gasteiger charge is 2.19. The first kappa shape index (κ1) is 21.7. The number of amides is 1. The van der Waals surface area contributed by atoms with Gasteiger partial charge in [-0.15, -0.1) is 0 Å². The maximum atomic E-state index is 12.0. The second kappa shape index (κ2) is 9.65. The summed E-state index contributed by atoms with van der Waals surface area (Å²) in [6.07, 6.45) is 4.29. The number of esters is 1. The van der Waals surface area contributed by atoms with Crippen LogP contribution < -0.4 is 0 Å². The maximum absolute atomic E-state index is 12.0. The van der Waals surface area contributed by atoms with Gasteiger partial charge in [-0.3, -0.25) is 4.79 Å². The number of aromatic nitrogens is 2. The molecule has 0 unspecified atom stereocenters. The molecule has 0 aliphatic carbocycles. The number of aryl methyl sites for hydroxylation is 1. The smallest absolute Gasteiger partial charge is 0.330 e. The average Bonchev–Trinajstić information content (AvgIpc) is 3.19. The van der Waals surface area contributed by atoms with Gasteiger partial charge in [-0.1, -0.05) is 40.9 Å². The first-order valence-corrected chi connectivity index (χ1v) is 10.3. The van der Waals surface area contributed by atoms with E-state index in [4.69, 9.17) is 39.5 Å². The van der Waals surface area contributed by atoms with Crippen molar-refractivity contribution in [1.82, 2.24) is 14.7 Å².